The van der Waals surface area contributed by atoms with Crippen LogP contribution in [0.15, 0.2) is 6.20 Å². The second-order valence-electron chi connectivity index (χ2n) is 3.50. The van der Waals surface area contributed by atoms with Gasteiger partial charge in [0.25, 0.3) is 0 Å². The van der Waals surface area contributed by atoms with E-state index in [2.05, 4.69) is 18.9 Å². The summed E-state index contributed by atoms with van der Waals surface area (Å²) in [5, 5.41) is 13.6. The van der Waals surface area contributed by atoms with Crippen LogP contribution in [0.2, 0.25) is 0 Å². The van der Waals surface area contributed by atoms with Crippen LogP contribution in [-0.4, -0.2) is 26.1 Å². The predicted molar refractivity (Wildman–Crippen MR) is 61.3 cm³/mol. The second-order valence-corrected chi connectivity index (χ2v) is 5.06. The molecule has 0 aromatic carbocycles. The zero-order valence-corrected chi connectivity index (χ0v) is 10.0. The van der Waals surface area contributed by atoms with Crippen molar-refractivity contribution in [2.24, 2.45) is 0 Å². The molecule has 15 heavy (non-hydrogen) atoms. The SMILES string of the molecule is CCn1ncc(CSC(C)C)c1C(=O)O. The van der Waals surface area contributed by atoms with Gasteiger partial charge in [0.1, 0.15) is 5.69 Å². The van der Waals surface area contributed by atoms with E-state index in [4.69, 9.17) is 5.11 Å². The molecule has 0 saturated heterocycles. The van der Waals surface area contributed by atoms with Gasteiger partial charge in [-0.05, 0) is 12.2 Å². The van der Waals surface area contributed by atoms with Crippen molar-refractivity contribution in [3.05, 3.63) is 17.5 Å². The maximum atomic E-state index is 11.0. The number of aryl methyl sites for hydroxylation is 1. The van der Waals surface area contributed by atoms with Gasteiger partial charge >= 0.3 is 5.97 Å². The van der Waals surface area contributed by atoms with Gasteiger partial charge in [0.05, 0.1) is 6.20 Å². The summed E-state index contributed by atoms with van der Waals surface area (Å²) in [6, 6.07) is 0. The lowest BCUT2D eigenvalue weighted by Crippen LogP contribution is -2.10. The number of rotatable bonds is 5. The van der Waals surface area contributed by atoms with E-state index >= 15 is 0 Å². The third-order valence-corrected chi connectivity index (χ3v) is 3.13. The van der Waals surface area contributed by atoms with E-state index in [-0.39, 0.29) is 0 Å². The molecule has 1 aromatic rings. The van der Waals surface area contributed by atoms with Crippen molar-refractivity contribution >= 4 is 17.7 Å². The van der Waals surface area contributed by atoms with Crippen LogP contribution in [-0.2, 0) is 12.3 Å². The first-order chi connectivity index (χ1) is 7.06. The van der Waals surface area contributed by atoms with Gasteiger partial charge < -0.3 is 5.11 Å². The lowest BCUT2D eigenvalue weighted by atomic mass is 10.3. The lowest BCUT2D eigenvalue weighted by Gasteiger charge is -2.05. The summed E-state index contributed by atoms with van der Waals surface area (Å²) in [5.74, 6) is -0.187. The van der Waals surface area contributed by atoms with Crippen LogP contribution in [0.1, 0.15) is 36.8 Å². The Bertz CT molecular complexity index is 347. The molecular formula is C10H16N2O2S. The van der Waals surface area contributed by atoms with Gasteiger partial charge in [-0.15, -0.1) is 0 Å². The van der Waals surface area contributed by atoms with E-state index in [1.165, 1.54) is 4.68 Å². The fraction of sp³-hybridized carbons (Fsp3) is 0.600. The van der Waals surface area contributed by atoms with Gasteiger partial charge in [-0.1, -0.05) is 13.8 Å². The lowest BCUT2D eigenvalue weighted by molar-refractivity contribution is 0.0682. The molecule has 0 aliphatic carbocycles. The number of hydrogen-bond donors (Lipinski definition) is 1. The molecule has 0 saturated carbocycles. The van der Waals surface area contributed by atoms with Crippen LogP contribution in [0.25, 0.3) is 0 Å². The summed E-state index contributed by atoms with van der Waals surface area (Å²) in [6.07, 6.45) is 1.66. The van der Waals surface area contributed by atoms with Crippen LogP contribution < -0.4 is 0 Å². The fourth-order valence-electron chi connectivity index (χ4n) is 1.27. The van der Waals surface area contributed by atoms with Gasteiger partial charge in [-0.25, -0.2) is 4.79 Å². The quantitative estimate of drug-likeness (QED) is 0.839. The summed E-state index contributed by atoms with van der Waals surface area (Å²) in [5.41, 5.74) is 1.13. The first-order valence-corrected chi connectivity index (χ1v) is 6.00. The summed E-state index contributed by atoms with van der Waals surface area (Å²) >= 11 is 1.72. The van der Waals surface area contributed by atoms with E-state index in [0.29, 0.717) is 23.2 Å². The second kappa shape index (κ2) is 5.21. The highest BCUT2D eigenvalue weighted by molar-refractivity contribution is 7.99. The molecule has 84 valence electrons. The van der Waals surface area contributed by atoms with E-state index in [1.807, 2.05) is 6.92 Å². The largest absolute Gasteiger partial charge is 0.477 e. The average Bonchev–Trinajstić information content (AvgIpc) is 2.57. The Hall–Kier alpha value is -0.970. The number of aromatic carboxylic acids is 1. The van der Waals surface area contributed by atoms with Gasteiger partial charge in [0.2, 0.25) is 0 Å². The van der Waals surface area contributed by atoms with E-state index < -0.39 is 5.97 Å². The van der Waals surface area contributed by atoms with Crippen molar-refractivity contribution in [1.29, 1.82) is 0 Å². The van der Waals surface area contributed by atoms with E-state index in [0.717, 1.165) is 5.56 Å². The summed E-state index contributed by atoms with van der Waals surface area (Å²) in [6.45, 7) is 6.66. The standard InChI is InChI=1S/C10H16N2O2S/c1-4-12-9(10(13)14)8(5-11-12)6-15-7(2)3/h5,7H,4,6H2,1-3H3,(H,13,14). The number of carboxylic acid groups (broad SMARTS) is 1. The Morgan fingerprint density at radius 1 is 1.67 bits per heavy atom. The van der Waals surface area contributed by atoms with E-state index in [9.17, 15) is 4.79 Å². The third-order valence-electron chi connectivity index (χ3n) is 1.99. The minimum atomic E-state index is -0.895. The highest BCUT2D eigenvalue weighted by Crippen LogP contribution is 2.20. The van der Waals surface area contributed by atoms with Crippen LogP contribution >= 0.6 is 11.8 Å². The summed E-state index contributed by atoms with van der Waals surface area (Å²) < 4.78 is 1.53. The molecule has 0 aliphatic heterocycles. The first kappa shape index (κ1) is 12.1. The van der Waals surface area contributed by atoms with Crippen molar-refractivity contribution < 1.29 is 9.90 Å². The number of carboxylic acids is 1. The Balaban J connectivity index is 2.87. The monoisotopic (exact) mass is 228 g/mol. The molecule has 4 nitrogen and oxygen atoms in total. The highest BCUT2D eigenvalue weighted by atomic mass is 32.2. The Morgan fingerprint density at radius 3 is 2.80 bits per heavy atom. The highest BCUT2D eigenvalue weighted by Gasteiger charge is 2.16. The minimum Gasteiger partial charge on any atom is -0.477 e. The van der Waals surface area contributed by atoms with Gasteiger partial charge in [0.15, 0.2) is 0 Å². The van der Waals surface area contributed by atoms with Crippen LogP contribution in [0.5, 0.6) is 0 Å². The number of nitrogens with zero attached hydrogens (tertiary/aromatic N) is 2. The Kier molecular flexibility index (Phi) is 4.20. The molecule has 1 rings (SSSR count). The number of aromatic nitrogens is 2. The van der Waals surface area contributed by atoms with Crippen LogP contribution in [0, 0.1) is 0 Å². The molecule has 5 heteroatoms. The van der Waals surface area contributed by atoms with Crippen molar-refractivity contribution in [3.8, 4) is 0 Å². The summed E-state index contributed by atoms with van der Waals surface area (Å²) in [4.78, 5) is 11.0. The molecular weight excluding hydrogens is 212 g/mol. The summed E-state index contributed by atoms with van der Waals surface area (Å²) in [7, 11) is 0. The van der Waals surface area contributed by atoms with Gasteiger partial charge in [0, 0.05) is 17.9 Å². The molecule has 0 atom stereocenters. The zero-order valence-electron chi connectivity index (χ0n) is 9.23. The smallest absolute Gasteiger partial charge is 0.354 e. The Labute approximate surface area is 93.7 Å². The maximum Gasteiger partial charge on any atom is 0.354 e. The Morgan fingerprint density at radius 2 is 2.33 bits per heavy atom. The van der Waals surface area contributed by atoms with Crippen molar-refractivity contribution in [2.75, 3.05) is 0 Å². The molecule has 0 radical (unpaired) electrons. The van der Waals surface area contributed by atoms with Gasteiger partial charge in [-0.3, -0.25) is 4.68 Å². The minimum absolute atomic E-state index is 0.325. The fourth-order valence-corrected chi connectivity index (χ4v) is 2.00. The zero-order chi connectivity index (χ0) is 11.4. The third kappa shape index (κ3) is 2.99. The van der Waals surface area contributed by atoms with Crippen molar-refractivity contribution in [3.63, 3.8) is 0 Å². The van der Waals surface area contributed by atoms with Crippen LogP contribution in [0.4, 0.5) is 0 Å². The molecule has 0 aliphatic rings. The molecule has 0 amide bonds. The molecule has 1 aromatic heterocycles. The van der Waals surface area contributed by atoms with Gasteiger partial charge in [-0.2, -0.15) is 16.9 Å². The normalized spacial score (nSPS) is 10.9. The molecule has 0 bridgehead atoms. The van der Waals surface area contributed by atoms with Crippen molar-refractivity contribution in [1.82, 2.24) is 9.78 Å². The first-order valence-electron chi connectivity index (χ1n) is 4.95. The average molecular weight is 228 g/mol. The number of thioether (sulfide) groups is 1. The predicted octanol–water partition coefficient (Wildman–Crippen LogP) is 2.24. The van der Waals surface area contributed by atoms with E-state index in [1.54, 1.807) is 18.0 Å². The molecule has 1 N–H and O–H groups in total. The van der Waals surface area contributed by atoms with Crippen molar-refractivity contribution in [2.45, 2.75) is 38.3 Å². The number of hydrogen-bond acceptors (Lipinski definition) is 3. The molecule has 0 unspecified atom stereocenters. The molecule has 0 spiro atoms. The van der Waals surface area contributed by atoms with Crippen LogP contribution in [0.3, 0.4) is 0 Å². The topological polar surface area (TPSA) is 55.1 Å². The molecule has 0 fully saturated rings. The number of carbonyl (C=O) groups is 1. The maximum absolute atomic E-state index is 11.0. The molecule has 1 heterocycles.